The van der Waals surface area contributed by atoms with E-state index in [-0.39, 0.29) is 17.5 Å². The molecule has 0 aromatic carbocycles. The molecule has 0 bridgehead atoms. The maximum Gasteiger partial charge on any atom is 0.222 e. The van der Waals surface area contributed by atoms with Crippen LogP contribution >= 0.6 is 11.6 Å². The summed E-state index contributed by atoms with van der Waals surface area (Å²) < 4.78 is 10.4. The molecule has 2 aromatic rings. The van der Waals surface area contributed by atoms with E-state index in [2.05, 4.69) is 15.0 Å². The summed E-state index contributed by atoms with van der Waals surface area (Å²) in [6.07, 6.45) is 2.77. The van der Waals surface area contributed by atoms with E-state index in [0.717, 1.165) is 0 Å². The fourth-order valence-electron chi connectivity index (χ4n) is 1.19. The van der Waals surface area contributed by atoms with Gasteiger partial charge >= 0.3 is 0 Å². The summed E-state index contributed by atoms with van der Waals surface area (Å²) in [6.45, 7) is 0. The topological polar surface area (TPSA) is 109 Å². The van der Waals surface area contributed by atoms with Gasteiger partial charge in [-0.2, -0.15) is 4.98 Å². The van der Waals surface area contributed by atoms with E-state index in [4.69, 9.17) is 32.5 Å². The Morgan fingerprint density at radius 1 is 1.17 bits per heavy atom. The third-order valence-electron chi connectivity index (χ3n) is 2.03. The van der Waals surface area contributed by atoms with E-state index >= 15 is 0 Å². The van der Waals surface area contributed by atoms with Crippen LogP contribution in [0.5, 0.6) is 17.4 Å². The summed E-state index contributed by atoms with van der Waals surface area (Å²) in [5.41, 5.74) is 11.0. The minimum atomic E-state index is 0.0678. The highest BCUT2D eigenvalue weighted by Crippen LogP contribution is 2.32. The summed E-state index contributed by atoms with van der Waals surface area (Å²) in [7, 11) is 1.49. The SMILES string of the molecule is COc1cc(Oc2cnc(N)nc2N)c(Cl)cn1. The van der Waals surface area contributed by atoms with E-state index in [1.807, 2.05) is 0 Å². The molecule has 2 heterocycles. The zero-order valence-corrected chi connectivity index (χ0v) is 10.2. The molecule has 0 saturated carbocycles. The first-order valence-corrected chi connectivity index (χ1v) is 5.23. The first-order chi connectivity index (χ1) is 8.60. The first kappa shape index (κ1) is 12.2. The van der Waals surface area contributed by atoms with Gasteiger partial charge in [0.25, 0.3) is 0 Å². The van der Waals surface area contributed by atoms with Crippen molar-refractivity contribution in [1.82, 2.24) is 15.0 Å². The average Bonchev–Trinajstić information content (AvgIpc) is 2.35. The number of rotatable bonds is 3. The van der Waals surface area contributed by atoms with Gasteiger partial charge in [-0.15, -0.1) is 0 Å². The molecule has 0 saturated heterocycles. The molecule has 7 nitrogen and oxygen atoms in total. The van der Waals surface area contributed by atoms with Gasteiger partial charge in [-0.3, -0.25) is 0 Å². The van der Waals surface area contributed by atoms with Crippen molar-refractivity contribution in [2.75, 3.05) is 18.6 Å². The molecule has 0 spiro atoms. The summed E-state index contributed by atoms with van der Waals surface area (Å²) >= 11 is 5.94. The summed E-state index contributed by atoms with van der Waals surface area (Å²) in [5.74, 6) is 1.14. The van der Waals surface area contributed by atoms with Crippen molar-refractivity contribution in [2.24, 2.45) is 0 Å². The number of anilines is 2. The molecule has 2 aromatic heterocycles. The van der Waals surface area contributed by atoms with Gasteiger partial charge in [0.15, 0.2) is 17.3 Å². The number of nitrogens with zero attached hydrogens (tertiary/aromatic N) is 3. The van der Waals surface area contributed by atoms with Gasteiger partial charge in [0.2, 0.25) is 11.8 Å². The number of ether oxygens (including phenoxy) is 2. The number of nitrogens with two attached hydrogens (primary N) is 2. The van der Waals surface area contributed by atoms with Crippen LogP contribution in [0.3, 0.4) is 0 Å². The lowest BCUT2D eigenvalue weighted by Crippen LogP contribution is -2.01. The lowest BCUT2D eigenvalue weighted by molar-refractivity contribution is 0.392. The predicted octanol–water partition coefficient (Wildman–Crippen LogP) is 1.49. The average molecular weight is 268 g/mol. The van der Waals surface area contributed by atoms with Crippen molar-refractivity contribution >= 4 is 23.4 Å². The van der Waals surface area contributed by atoms with E-state index < -0.39 is 0 Å². The van der Waals surface area contributed by atoms with Crippen molar-refractivity contribution in [2.45, 2.75) is 0 Å². The van der Waals surface area contributed by atoms with Gasteiger partial charge in [-0.1, -0.05) is 11.6 Å². The Labute approximate surface area is 108 Å². The standard InChI is InChI=1S/C10H10ClN5O2/c1-17-8-2-6(5(11)3-14-8)18-7-4-15-10(13)16-9(7)12/h2-4H,1H3,(H4,12,13,15,16). The summed E-state index contributed by atoms with van der Waals surface area (Å²) in [4.78, 5) is 11.5. The van der Waals surface area contributed by atoms with E-state index in [1.54, 1.807) is 0 Å². The Kier molecular flexibility index (Phi) is 3.33. The second kappa shape index (κ2) is 4.92. The minimum absolute atomic E-state index is 0.0678. The summed E-state index contributed by atoms with van der Waals surface area (Å²) in [6, 6.07) is 1.53. The zero-order valence-electron chi connectivity index (χ0n) is 9.42. The van der Waals surface area contributed by atoms with Gasteiger partial charge in [-0.25, -0.2) is 9.97 Å². The smallest absolute Gasteiger partial charge is 0.222 e. The molecule has 2 rings (SSSR count). The maximum absolute atomic E-state index is 5.94. The van der Waals surface area contributed by atoms with Crippen molar-refractivity contribution in [3.63, 3.8) is 0 Å². The van der Waals surface area contributed by atoms with Crippen LogP contribution in [0, 0.1) is 0 Å². The molecule has 0 radical (unpaired) electrons. The Morgan fingerprint density at radius 3 is 2.61 bits per heavy atom. The highest BCUT2D eigenvalue weighted by molar-refractivity contribution is 6.31. The van der Waals surface area contributed by atoms with Crippen LogP contribution in [0.1, 0.15) is 0 Å². The Morgan fingerprint density at radius 2 is 1.94 bits per heavy atom. The van der Waals surface area contributed by atoms with Gasteiger partial charge in [0.05, 0.1) is 19.5 Å². The van der Waals surface area contributed by atoms with E-state index in [1.165, 1.54) is 25.6 Å². The largest absolute Gasteiger partial charge is 0.481 e. The molecule has 0 amide bonds. The van der Waals surface area contributed by atoms with Crippen molar-refractivity contribution in [1.29, 1.82) is 0 Å². The van der Waals surface area contributed by atoms with Crippen LogP contribution in [-0.4, -0.2) is 22.1 Å². The molecule has 0 aliphatic heterocycles. The number of aromatic nitrogens is 3. The van der Waals surface area contributed by atoms with Gasteiger partial charge in [-0.05, 0) is 0 Å². The maximum atomic E-state index is 5.94. The molecular formula is C10H10ClN5O2. The monoisotopic (exact) mass is 267 g/mol. The molecule has 4 N–H and O–H groups in total. The number of pyridine rings is 1. The van der Waals surface area contributed by atoms with Crippen LogP contribution < -0.4 is 20.9 Å². The molecule has 0 atom stereocenters. The lowest BCUT2D eigenvalue weighted by atomic mass is 10.4. The minimum Gasteiger partial charge on any atom is -0.481 e. The fourth-order valence-corrected chi connectivity index (χ4v) is 1.33. The third kappa shape index (κ3) is 2.51. The van der Waals surface area contributed by atoms with Crippen LogP contribution in [0.2, 0.25) is 5.02 Å². The second-order valence-corrected chi connectivity index (χ2v) is 3.64. The Balaban J connectivity index is 2.33. The van der Waals surface area contributed by atoms with Gasteiger partial charge in [0.1, 0.15) is 5.02 Å². The van der Waals surface area contributed by atoms with E-state index in [0.29, 0.717) is 16.7 Å². The van der Waals surface area contributed by atoms with Gasteiger partial charge in [0, 0.05) is 6.07 Å². The predicted molar refractivity (Wildman–Crippen MR) is 66.7 cm³/mol. The van der Waals surface area contributed by atoms with Crippen LogP contribution in [-0.2, 0) is 0 Å². The molecule has 0 aliphatic rings. The number of nitrogen functional groups attached to an aromatic ring is 2. The zero-order chi connectivity index (χ0) is 13.1. The fraction of sp³-hybridized carbons (Fsp3) is 0.100. The van der Waals surface area contributed by atoms with Crippen molar-refractivity contribution < 1.29 is 9.47 Å². The van der Waals surface area contributed by atoms with E-state index in [9.17, 15) is 0 Å². The first-order valence-electron chi connectivity index (χ1n) is 4.85. The normalized spacial score (nSPS) is 10.1. The third-order valence-corrected chi connectivity index (χ3v) is 2.31. The molecule has 0 fully saturated rings. The number of hydrogen-bond donors (Lipinski definition) is 2. The van der Waals surface area contributed by atoms with Crippen LogP contribution in [0.15, 0.2) is 18.5 Å². The van der Waals surface area contributed by atoms with Crippen molar-refractivity contribution in [3.05, 3.63) is 23.5 Å². The molecular weight excluding hydrogens is 258 g/mol. The molecule has 18 heavy (non-hydrogen) atoms. The molecule has 8 heteroatoms. The number of hydrogen-bond acceptors (Lipinski definition) is 7. The van der Waals surface area contributed by atoms with Gasteiger partial charge < -0.3 is 20.9 Å². The quantitative estimate of drug-likeness (QED) is 0.867. The number of methoxy groups -OCH3 is 1. The Hall–Kier alpha value is -2.28. The summed E-state index contributed by atoms with van der Waals surface area (Å²) in [5, 5.41) is 0.312. The molecule has 0 unspecified atom stereocenters. The second-order valence-electron chi connectivity index (χ2n) is 3.24. The highest BCUT2D eigenvalue weighted by atomic mass is 35.5. The Bertz CT molecular complexity index is 578. The molecule has 0 aliphatic carbocycles. The molecule has 94 valence electrons. The lowest BCUT2D eigenvalue weighted by Gasteiger charge is -2.09. The number of halogens is 1. The highest BCUT2D eigenvalue weighted by Gasteiger charge is 2.10. The van der Waals surface area contributed by atoms with Crippen molar-refractivity contribution in [3.8, 4) is 17.4 Å². The van der Waals surface area contributed by atoms with Crippen LogP contribution in [0.25, 0.3) is 0 Å². The van der Waals surface area contributed by atoms with Crippen LogP contribution in [0.4, 0.5) is 11.8 Å².